The largest absolute Gasteiger partial charge is 0.254 e. The van der Waals surface area contributed by atoms with Crippen molar-refractivity contribution in [3.05, 3.63) is 82.1 Å². The minimum atomic E-state index is -1.40. The van der Waals surface area contributed by atoms with E-state index in [-0.39, 0.29) is 10.6 Å². The lowest BCUT2D eigenvalue weighted by Crippen LogP contribution is -2.00. The molecule has 0 unspecified atom stereocenters. The van der Waals surface area contributed by atoms with Crippen molar-refractivity contribution in [2.75, 3.05) is 0 Å². The van der Waals surface area contributed by atoms with Crippen molar-refractivity contribution in [2.45, 2.75) is 23.5 Å². The Morgan fingerprint density at radius 2 is 1.74 bits per heavy atom. The monoisotopic (exact) mass is 345 g/mol. The first-order chi connectivity index (χ1) is 11.2. The molecule has 5 heteroatoms. The Morgan fingerprint density at radius 1 is 1.00 bits per heavy atom. The fourth-order valence-electron chi connectivity index (χ4n) is 2.27. The fraction of sp³-hybridized carbons (Fsp3) is 0.167. The average molecular weight is 345 g/mol. The van der Waals surface area contributed by atoms with Crippen LogP contribution in [0.3, 0.4) is 0 Å². The Balaban J connectivity index is 1.61. The van der Waals surface area contributed by atoms with E-state index in [4.69, 9.17) is 0 Å². The second-order valence-corrected chi connectivity index (χ2v) is 7.50. The van der Waals surface area contributed by atoms with Crippen LogP contribution in [0.4, 0.5) is 4.39 Å². The summed E-state index contributed by atoms with van der Waals surface area (Å²) in [6.45, 7) is 0. The molecule has 0 fully saturated rings. The van der Waals surface area contributed by atoms with E-state index in [9.17, 15) is 8.60 Å². The van der Waals surface area contributed by atoms with Gasteiger partial charge in [0.1, 0.15) is 5.82 Å². The first-order valence-corrected chi connectivity index (χ1v) is 9.52. The summed E-state index contributed by atoms with van der Waals surface area (Å²) in [6, 6.07) is 16.4. The van der Waals surface area contributed by atoms with Gasteiger partial charge >= 0.3 is 0 Å². The van der Waals surface area contributed by atoms with Gasteiger partial charge in [0, 0.05) is 11.8 Å². The summed E-state index contributed by atoms with van der Waals surface area (Å²) >= 11 is 1.57. The normalized spacial score (nSPS) is 12.2. The quantitative estimate of drug-likeness (QED) is 0.664. The van der Waals surface area contributed by atoms with Crippen molar-refractivity contribution in [1.29, 1.82) is 0 Å². The highest BCUT2D eigenvalue weighted by molar-refractivity contribution is 7.84. The van der Waals surface area contributed by atoms with Crippen LogP contribution in [0.15, 0.2) is 64.9 Å². The number of hydrogen-bond donors (Lipinski definition) is 0. The molecule has 0 N–H and O–H groups in total. The number of hydrogen-bond acceptors (Lipinski definition) is 3. The van der Waals surface area contributed by atoms with Gasteiger partial charge in [0.05, 0.1) is 32.1 Å². The average Bonchev–Trinajstić information content (AvgIpc) is 3.02. The summed E-state index contributed by atoms with van der Waals surface area (Å²) in [7, 11) is -1.40. The summed E-state index contributed by atoms with van der Waals surface area (Å²) in [5, 5.41) is 2.94. The van der Waals surface area contributed by atoms with Crippen molar-refractivity contribution in [2.24, 2.45) is 0 Å². The van der Waals surface area contributed by atoms with Crippen molar-refractivity contribution in [1.82, 2.24) is 4.98 Å². The van der Waals surface area contributed by atoms with Gasteiger partial charge in [-0.15, -0.1) is 11.3 Å². The second kappa shape index (κ2) is 7.62. The van der Waals surface area contributed by atoms with Crippen LogP contribution in [0.25, 0.3) is 0 Å². The Hall–Kier alpha value is -1.85. The maximum Gasteiger partial charge on any atom is 0.139 e. The summed E-state index contributed by atoms with van der Waals surface area (Å²) < 4.78 is 25.9. The molecule has 118 valence electrons. The number of halogens is 1. The Kier molecular flexibility index (Phi) is 5.31. The molecule has 23 heavy (non-hydrogen) atoms. The smallest absolute Gasteiger partial charge is 0.139 e. The molecule has 3 rings (SSSR count). The number of rotatable bonds is 6. The lowest BCUT2D eigenvalue weighted by atomic mass is 10.1. The van der Waals surface area contributed by atoms with E-state index < -0.39 is 16.6 Å². The number of thiazole rings is 1. The molecule has 2 nitrogen and oxygen atoms in total. The molecule has 1 atom stereocenters. The van der Waals surface area contributed by atoms with Gasteiger partial charge in [-0.3, -0.25) is 4.21 Å². The van der Waals surface area contributed by atoms with Crippen LogP contribution in [0.5, 0.6) is 0 Å². The Morgan fingerprint density at radius 3 is 2.52 bits per heavy atom. The molecule has 1 heterocycles. The number of aromatic nitrogens is 1. The Labute approximate surface area is 141 Å². The summed E-state index contributed by atoms with van der Waals surface area (Å²) in [5.41, 5.74) is 2.04. The lowest BCUT2D eigenvalue weighted by Gasteiger charge is -2.01. The minimum Gasteiger partial charge on any atom is -0.254 e. The molecule has 0 aliphatic rings. The zero-order valence-electron chi connectivity index (χ0n) is 12.4. The van der Waals surface area contributed by atoms with E-state index in [1.807, 2.05) is 23.6 Å². The molecule has 0 bridgehead atoms. The third-order valence-electron chi connectivity index (χ3n) is 3.43. The zero-order chi connectivity index (χ0) is 16.1. The summed E-state index contributed by atoms with van der Waals surface area (Å²) in [5.74, 6) is -0.173. The van der Waals surface area contributed by atoms with Crippen LogP contribution < -0.4 is 0 Å². The summed E-state index contributed by atoms with van der Waals surface area (Å²) in [4.78, 5) is 4.77. The lowest BCUT2D eigenvalue weighted by molar-refractivity contribution is 0.595. The second-order valence-electron chi connectivity index (χ2n) is 5.14. The van der Waals surface area contributed by atoms with Gasteiger partial charge in [-0.1, -0.05) is 42.5 Å². The topological polar surface area (TPSA) is 30.0 Å². The van der Waals surface area contributed by atoms with Gasteiger partial charge in [0.25, 0.3) is 0 Å². The van der Waals surface area contributed by atoms with E-state index in [1.165, 1.54) is 11.6 Å². The van der Waals surface area contributed by atoms with Crippen LogP contribution >= 0.6 is 11.3 Å². The van der Waals surface area contributed by atoms with E-state index in [2.05, 4.69) is 17.1 Å². The van der Waals surface area contributed by atoms with E-state index in [0.29, 0.717) is 0 Å². The van der Waals surface area contributed by atoms with Crippen LogP contribution in [0, 0.1) is 5.82 Å². The number of benzene rings is 2. The van der Waals surface area contributed by atoms with Gasteiger partial charge < -0.3 is 0 Å². The molecule has 0 saturated carbocycles. The third-order valence-corrected chi connectivity index (χ3v) is 5.77. The van der Waals surface area contributed by atoms with E-state index in [0.717, 1.165) is 23.5 Å². The SMILES string of the molecule is O=[S@@](Cc1csc(CCc2ccccc2)n1)c1ccccc1F. The minimum absolute atomic E-state index is 0.242. The molecule has 1 aromatic heterocycles. The van der Waals surface area contributed by atoms with Crippen molar-refractivity contribution < 1.29 is 8.60 Å². The van der Waals surface area contributed by atoms with Gasteiger partial charge in [-0.25, -0.2) is 9.37 Å². The molecular formula is C18H16FNOS2. The Bertz CT molecular complexity index is 802. The predicted octanol–water partition coefficient (Wildman–Crippen LogP) is 4.38. The highest BCUT2D eigenvalue weighted by Crippen LogP contribution is 2.18. The molecular weight excluding hydrogens is 329 g/mol. The van der Waals surface area contributed by atoms with Gasteiger partial charge in [0.2, 0.25) is 0 Å². The molecule has 0 saturated heterocycles. The first kappa shape index (κ1) is 16.0. The number of aryl methyl sites for hydroxylation is 2. The van der Waals surface area contributed by atoms with E-state index >= 15 is 0 Å². The number of nitrogens with zero attached hydrogens (tertiary/aromatic N) is 1. The van der Waals surface area contributed by atoms with Crippen molar-refractivity contribution >= 4 is 22.1 Å². The van der Waals surface area contributed by atoms with Crippen LogP contribution in [0.1, 0.15) is 16.3 Å². The van der Waals surface area contributed by atoms with E-state index in [1.54, 1.807) is 29.5 Å². The van der Waals surface area contributed by atoms with Crippen LogP contribution in [-0.2, 0) is 29.4 Å². The molecule has 2 aromatic carbocycles. The van der Waals surface area contributed by atoms with Gasteiger partial charge in [0.15, 0.2) is 0 Å². The van der Waals surface area contributed by atoms with Crippen LogP contribution in [-0.4, -0.2) is 9.19 Å². The molecule has 0 aliphatic heterocycles. The molecule has 0 amide bonds. The van der Waals surface area contributed by atoms with Gasteiger partial charge in [-0.2, -0.15) is 0 Å². The van der Waals surface area contributed by atoms with Crippen LogP contribution in [0.2, 0.25) is 0 Å². The molecule has 0 radical (unpaired) electrons. The summed E-state index contributed by atoms with van der Waals surface area (Å²) in [6.07, 6.45) is 1.80. The van der Waals surface area contributed by atoms with Crippen molar-refractivity contribution in [3.63, 3.8) is 0 Å². The zero-order valence-corrected chi connectivity index (χ0v) is 14.1. The third kappa shape index (κ3) is 4.33. The van der Waals surface area contributed by atoms with Gasteiger partial charge in [-0.05, 0) is 24.1 Å². The highest BCUT2D eigenvalue weighted by atomic mass is 32.2. The first-order valence-electron chi connectivity index (χ1n) is 7.32. The maximum atomic E-state index is 13.6. The molecule has 3 aromatic rings. The standard InChI is InChI=1S/C18H16FNOS2/c19-16-8-4-5-9-17(16)23(21)13-15-12-22-18(20-15)11-10-14-6-2-1-3-7-14/h1-9,12H,10-11,13H2/t23-/m0/s1. The maximum absolute atomic E-state index is 13.6. The predicted molar refractivity (Wildman–Crippen MR) is 92.5 cm³/mol. The molecule has 0 aliphatic carbocycles. The van der Waals surface area contributed by atoms with Crippen molar-refractivity contribution in [3.8, 4) is 0 Å². The fourth-order valence-corrected chi connectivity index (χ4v) is 4.26. The highest BCUT2D eigenvalue weighted by Gasteiger charge is 2.12. The molecule has 0 spiro atoms.